The Hall–Kier alpha value is -0.830. The van der Waals surface area contributed by atoms with Gasteiger partial charge in [0.25, 0.3) is 0 Å². The van der Waals surface area contributed by atoms with Gasteiger partial charge in [-0.3, -0.25) is 4.79 Å². The molecule has 0 saturated carbocycles. The van der Waals surface area contributed by atoms with Gasteiger partial charge in [-0.25, -0.2) is 0 Å². The number of ether oxygens (including phenoxy) is 2. The molecule has 0 aliphatic carbocycles. The summed E-state index contributed by atoms with van der Waals surface area (Å²) >= 11 is 0. The summed E-state index contributed by atoms with van der Waals surface area (Å²) in [6.07, 6.45) is 22.0. The molecule has 0 aliphatic rings. The summed E-state index contributed by atoms with van der Waals surface area (Å²) in [5, 5.41) is 0. The molecule has 0 aromatic carbocycles. The van der Waals surface area contributed by atoms with Crippen LogP contribution in [0, 0.1) is 0 Å². The Balaban J connectivity index is 3.28. The van der Waals surface area contributed by atoms with Crippen molar-refractivity contribution in [1.82, 2.24) is 0 Å². The molecule has 0 bridgehead atoms. The van der Waals surface area contributed by atoms with E-state index in [1.807, 2.05) is 6.92 Å². The van der Waals surface area contributed by atoms with Crippen LogP contribution in [0.4, 0.5) is 0 Å². The summed E-state index contributed by atoms with van der Waals surface area (Å²) in [7, 11) is 1.57. The third kappa shape index (κ3) is 17.8. The Bertz CT molecular complexity index is 308. The van der Waals surface area contributed by atoms with E-state index in [-0.39, 0.29) is 12.3 Å². The van der Waals surface area contributed by atoms with E-state index >= 15 is 0 Å². The standard InChI is InChI=1S/C22H42O3/c1-4-6-7-8-9-10-11-12-13-14-15-16-17-18-19-20-21(23)25-22(5-2)24-3/h12-13,22H,4-11,14-20H2,1-3H3/b13-12-. The molecule has 0 aromatic rings. The molecule has 1 unspecified atom stereocenters. The summed E-state index contributed by atoms with van der Waals surface area (Å²) in [6, 6.07) is 0. The van der Waals surface area contributed by atoms with Gasteiger partial charge in [0.05, 0.1) is 0 Å². The molecule has 25 heavy (non-hydrogen) atoms. The molecule has 0 spiro atoms. The van der Waals surface area contributed by atoms with E-state index in [9.17, 15) is 4.79 Å². The monoisotopic (exact) mass is 354 g/mol. The number of hydrogen-bond acceptors (Lipinski definition) is 3. The molecule has 0 radical (unpaired) electrons. The lowest BCUT2D eigenvalue weighted by Gasteiger charge is -2.13. The number of carbonyl (C=O) groups is 1. The van der Waals surface area contributed by atoms with Crippen LogP contribution in [0.25, 0.3) is 0 Å². The average molecular weight is 355 g/mol. The topological polar surface area (TPSA) is 35.5 Å². The van der Waals surface area contributed by atoms with Gasteiger partial charge in [0.2, 0.25) is 6.29 Å². The lowest BCUT2D eigenvalue weighted by Crippen LogP contribution is -2.18. The number of allylic oxidation sites excluding steroid dienone is 2. The summed E-state index contributed by atoms with van der Waals surface area (Å²) in [5.74, 6) is -0.133. The van der Waals surface area contributed by atoms with Gasteiger partial charge in [0.1, 0.15) is 0 Å². The molecule has 3 nitrogen and oxygen atoms in total. The van der Waals surface area contributed by atoms with Crippen LogP contribution < -0.4 is 0 Å². The molecule has 3 heteroatoms. The summed E-state index contributed by atoms with van der Waals surface area (Å²) in [4.78, 5) is 11.6. The molecule has 0 aromatic heterocycles. The van der Waals surface area contributed by atoms with E-state index in [0.717, 1.165) is 12.8 Å². The second-order valence-corrected chi connectivity index (χ2v) is 6.90. The fourth-order valence-electron chi connectivity index (χ4n) is 2.84. The number of unbranched alkanes of at least 4 members (excludes halogenated alkanes) is 11. The van der Waals surface area contributed by atoms with Crippen molar-refractivity contribution in [3.63, 3.8) is 0 Å². The minimum absolute atomic E-state index is 0.133. The first-order chi connectivity index (χ1) is 12.2. The van der Waals surface area contributed by atoms with Crippen molar-refractivity contribution >= 4 is 5.97 Å². The maximum Gasteiger partial charge on any atom is 0.308 e. The fraction of sp³-hybridized carbons (Fsp3) is 0.864. The molecule has 0 heterocycles. The minimum atomic E-state index is -0.379. The van der Waals surface area contributed by atoms with Gasteiger partial charge in [-0.1, -0.05) is 77.4 Å². The molecule has 0 amide bonds. The average Bonchev–Trinajstić information content (AvgIpc) is 2.62. The van der Waals surface area contributed by atoms with E-state index in [2.05, 4.69) is 19.1 Å². The normalized spacial score (nSPS) is 12.6. The smallest absolute Gasteiger partial charge is 0.308 e. The van der Waals surface area contributed by atoms with Crippen molar-refractivity contribution in [1.29, 1.82) is 0 Å². The maximum atomic E-state index is 11.6. The Morgan fingerprint density at radius 1 is 0.800 bits per heavy atom. The second-order valence-electron chi connectivity index (χ2n) is 6.90. The predicted octanol–water partition coefficient (Wildman–Crippen LogP) is 6.95. The van der Waals surface area contributed by atoms with Crippen molar-refractivity contribution < 1.29 is 14.3 Å². The number of methoxy groups -OCH3 is 1. The summed E-state index contributed by atoms with van der Waals surface area (Å²) < 4.78 is 10.2. The van der Waals surface area contributed by atoms with Gasteiger partial charge < -0.3 is 9.47 Å². The number of carbonyl (C=O) groups excluding carboxylic acids is 1. The lowest BCUT2D eigenvalue weighted by molar-refractivity contribution is -0.173. The molecular formula is C22H42O3. The van der Waals surface area contributed by atoms with E-state index < -0.39 is 0 Å². The zero-order valence-corrected chi connectivity index (χ0v) is 17.1. The number of hydrogen-bond donors (Lipinski definition) is 0. The van der Waals surface area contributed by atoms with Gasteiger partial charge in [-0.2, -0.15) is 0 Å². The minimum Gasteiger partial charge on any atom is -0.436 e. The third-order valence-electron chi connectivity index (χ3n) is 4.50. The van der Waals surface area contributed by atoms with Crippen LogP contribution in [0.2, 0.25) is 0 Å². The van der Waals surface area contributed by atoms with Crippen LogP contribution in [0.15, 0.2) is 12.2 Å². The van der Waals surface area contributed by atoms with Crippen molar-refractivity contribution in [2.75, 3.05) is 7.11 Å². The molecule has 0 aliphatic heterocycles. The van der Waals surface area contributed by atoms with E-state index in [1.165, 1.54) is 70.6 Å². The van der Waals surface area contributed by atoms with Crippen molar-refractivity contribution in [3.8, 4) is 0 Å². The van der Waals surface area contributed by atoms with Crippen LogP contribution in [0.5, 0.6) is 0 Å². The van der Waals surface area contributed by atoms with Crippen LogP contribution >= 0.6 is 0 Å². The molecule has 0 rings (SSSR count). The van der Waals surface area contributed by atoms with Crippen molar-refractivity contribution in [3.05, 3.63) is 12.2 Å². The Morgan fingerprint density at radius 2 is 1.32 bits per heavy atom. The zero-order valence-electron chi connectivity index (χ0n) is 17.1. The zero-order chi connectivity index (χ0) is 18.6. The Morgan fingerprint density at radius 3 is 1.84 bits per heavy atom. The van der Waals surface area contributed by atoms with E-state index in [4.69, 9.17) is 9.47 Å². The summed E-state index contributed by atoms with van der Waals surface area (Å²) in [6.45, 7) is 4.21. The van der Waals surface area contributed by atoms with E-state index in [1.54, 1.807) is 7.11 Å². The fourth-order valence-corrected chi connectivity index (χ4v) is 2.84. The maximum absolute atomic E-state index is 11.6. The van der Waals surface area contributed by atoms with Gasteiger partial charge in [0.15, 0.2) is 0 Å². The largest absolute Gasteiger partial charge is 0.436 e. The first-order valence-electron chi connectivity index (χ1n) is 10.6. The van der Waals surface area contributed by atoms with Crippen LogP contribution in [0.3, 0.4) is 0 Å². The SMILES string of the molecule is CCCCCCCC/C=C\CCCCCCCC(=O)OC(CC)OC. The second kappa shape index (κ2) is 19.5. The van der Waals surface area contributed by atoms with E-state index in [0.29, 0.717) is 12.8 Å². The highest BCUT2D eigenvalue weighted by Gasteiger charge is 2.10. The summed E-state index contributed by atoms with van der Waals surface area (Å²) in [5.41, 5.74) is 0. The van der Waals surface area contributed by atoms with Gasteiger partial charge in [-0.15, -0.1) is 0 Å². The highest BCUT2D eigenvalue weighted by molar-refractivity contribution is 5.69. The lowest BCUT2D eigenvalue weighted by atomic mass is 10.1. The highest BCUT2D eigenvalue weighted by atomic mass is 16.7. The first-order valence-corrected chi connectivity index (χ1v) is 10.6. The number of esters is 1. The number of rotatable bonds is 18. The van der Waals surface area contributed by atoms with Crippen molar-refractivity contribution in [2.24, 2.45) is 0 Å². The molecule has 0 fully saturated rings. The predicted molar refractivity (Wildman–Crippen MR) is 107 cm³/mol. The first kappa shape index (κ1) is 24.2. The van der Waals surface area contributed by atoms with Crippen LogP contribution in [0.1, 0.15) is 110 Å². The molecule has 0 saturated heterocycles. The highest BCUT2D eigenvalue weighted by Crippen LogP contribution is 2.11. The molecule has 1 atom stereocenters. The Kier molecular flexibility index (Phi) is 18.8. The third-order valence-corrected chi connectivity index (χ3v) is 4.50. The molecular weight excluding hydrogens is 312 g/mol. The Labute approximate surface area is 156 Å². The van der Waals surface area contributed by atoms with Gasteiger partial charge in [0, 0.05) is 20.0 Å². The van der Waals surface area contributed by atoms with Crippen LogP contribution in [-0.4, -0.2) is 19.4 Å². The molecule has 148 valence electrons. The van der Waals surface area contributed by atoms with Gasteiger partial charge in [-0.05, 0) is 32.1 Å². The molecule has 0 N–H and O–H groups in total. The van der Waals surface area contributed by atoms with Crippen LogP contribution in [-0.2, 0) is 14.3 Å². The van der Waals surface area contributed by atoms with Gasteiger partial charge >= 0.3 is 5.97 Å². The van der Waals surface area contributed by atoms with Crippen molar-refractivity contribution in [2.45, 2.75) is 116 Å². The quantitative estimate of drug-likeness (QED) is 0.116.